The summed E-state index contributed by atoms with van der Waals surface area (Å²) in [7, 11) is 0. The molecule has 1 aliphatic heterocycles. The van der Waals surface area contributed by atoms with E-state index in [1.165, 1.54) is 13.8 Å². The zero-order valence-corrected chi connectivity index (χ0v) is 14.2. The van der Waals surface area contributed by atoms with Crippen LogP contribution in [0.2, 0.25) is 0 Å². The Morgan fingerprint density at radius 2 is 1.75 bits per heavy atom. The summed E-state index contributed by atoms with van der Waals surface area (Å²) in [4.78, 5) is 37.8. The van der Waals surface area contributed by atoms with E-state index in [1.807, 2.05) is 0 Å². The van der Waals surface area contributed by atoms with Crippen molar-refractivity contribution in [3.63, 3.8) is 0 Å². The third kappa shape index (κ3) is 4.34. The molecule has 6 heteroatoms. The lowest BCUT2D eigenvalue weighted by Gasteiger charge is -2.27. The summed E-state index contributed by atoms with van der Waals surface area (Å²) >= 11 is 0. The van der Waals surface area contributed by atoms with Crippen molar-refractivity contribution in [3.8, 4) is 0 Å². The number of likely N-dealkylation sites (tertiary alicyclic amines) is 1. The molecule has 2 amide bonds. The molecule has 1 fully saturated rings. The third-order valence-electron chi connectivity index (χ3n) is 4.26. The molecule has 1 aliphatic rings. The van der Waals surface area contributed by atoms with Crippen molar-refractivity contribution in [1.29, 1.82) is 0 Å². The van der Waals surface area contributed by atoms with Gasteiger partial charge in [0.15, 0.2) is 0 Å². The van der Waals surface area contributed by atoms with Crippen molar-refractivity contribution < 1.29 is 19.5 Å². The summed E-state index contributed by atoms with van der Waals surface area (Å²) in [6, 6.07) is 6.86. The van der Waals surface area contributed by atoms with Gasteiger partial charge in [0.05, 0.1) is 16.7 Å². The SMILES string of the molecule is CC(C)(CC(=O)Nc1ccccc1C(=O)N1CCCCC1)C(=O)O. The van der Waals surface area contributed by atoms with Crippen LogP contribution in [0.3, 0.4) is 0 Å². The highest BCUT2D eigenvalue weighted by Gasteiger charge is 2.30. The fraction of sp³-hybridized carbons (Fsp3) is 0.500. The molecular formula is C18H24N2O4. The molecular weight excluding hydrogens is 308 g/mol. The van der Waals surface area contributed by atoms with E-state index in [4.69, 9.17) is 5.11 Å². The van der Waals surface area contributed by atoms with Crippen LogP contribution in [0.4, 0.5) is 5.69 Å². The monoisotopic (exact) mass is 332 g/mol. The fourth-order valence-corrected chi connectivity index (χ4v) is 2.72. The number of anilines is 1. The molecule has 0 bridgehead atoms. The van der Waals surface area contributed by atoms with Gasteiger partial charge in [-0.1, -0.05) is 12.1 Å². The molecule has 0 aliphatic carbocycles. The van der Waals surface area contributed by atoms with Crippen molar-refractivity contribution in [1.82, 2.24) is 4.90 Å². The molecule has 2 rings (SSSR count). The Balaban J connectivity index is 2.12. The van der Waals surface area contributed by atoms with E-state index < -0.39 is 17.3 Å². The molecule has 24 heavy (non-hydrogen) atoms. The van der Waals surface area contributed by atoms with Gasteiger partial charge < -0.3 is 15.3 Å². The lowest BCUT2D eigenvalue weighted by atomic mass is 9.89. The first-order valence-corrected chi connectivity index (χ1v) is 8.23. The highest BCUT2D eigenvalue weighted by molar-refractivity contribution is 6.04. The first-order chi connectivity index (χ1) is 11.3. The van der Waals surface area contributed by atoms with Crippen molar-refractivity contribution >= 4 is 23.5 Å². The number of para-hydroxylation sites is 1. The summed E-state index contributed by atoms with van der Waals surface area (Å²) < 4.78 is 0. The number of amides is 2. The molecule has 0 spiro atoms. The molecule has 1 heterocycles. The van der Waals surface area contributed by atoms with E-state index in [-0.39, 0.29) is 12.3 Å². The predicted molar refractivity (Wildman–Crippen MR) is 90.9 cm³/mol. The van der Waals surface area contributed by atoms with Crippen LogP contribution in [-0.4, -0.2) is 40.9 Å². The standard InChI is InChI=1S/C18H24N2O4/c1-18(2,17(23)24)12-15(21)19-14-9-5-4-8-13(14)16(22)20-10-6-3-7-11-20/h4-5,8-9H,3,6-7,10-12H2,1-2H3,(H,19,21)(H,23,24). The third-order valence-corrected chi connectivity index (χ3v) is 4.26. The van der Waals surface area contributed by atoms with E-state index >= 15 is 0 Å². The number of piperidine rings is 1. The topological polar surface area (TPSA) is 86.7 Å². The molecule has 0 aromatic heterocycles. The number of aliphatic carboxylic acids is 1. The molecule has 2 N–H and O–H groups in total. The van der Waals surface area contributed by atoms with Crippen LogP contribution in [0, 0.1) is 5.41 Å². The van der Waals surface area contributed by atoms with Gasteiger partial charge in [-0.15, -0.1) is 0 Å². The molecule has 1 aromatic carbocycles. The van der Waals surface area contributed by atoms with Gasteiger partial charge in [0.25, 0.3) is 5.91 Å². The van der Waals surface area contributed by atoms with Gasteiger partial charge in [0, 0.05) is 19.5 Å². The van der Waals surface area contributed by atoms with Crippen LogP contribution in [0.25, 0.3) is 0 Å². The van der Waals surface area contributed by atoms with Gasteiger partial charge in [0.1, 0.15) is 0 Å². The van der Waals surface area contributed by atoms with E-state index in [0.717, 1.165) is 32.4 Å². The Labute approximate surface area is 141 Å². The van der Waals surface area contributed by atoms with Gasteiger partial charge in [-0.05, 0) is 45.2 Å². The lowest BCUT2D eigenvalue weighted by Crippen LogP contribution is -2.36. The van der Waals surface area contributed by atoms with Crippen LogP contribution in [0.1, 0.15) is 49.9 Å². The van der Waals surface area contributed by atoms with Crippen molar-refractivity contribution in [2.75, 3.05) is 18.4 Å². The number of benzene rings is 1. The fourth-order valence-electron chi connectivity index (χ4n) is 2.72. The summed E-state index contributed by atoms with van der Waals surface area (Å²) in [6.07, 6.45) is 2.96. The maximum atomic E-state index is 12.7. The number of carboxylic acids is 1. The maximum Gasteiger partial charge on any atom is 0.309 e. The average Bonchev–Trinajstić information content (AvgIpc) is 2.55. The molecule has 6 nitrogen and oxygen atoms in total. The van der Waals surface area contributed by atoms with E-state index in [9.17, 15) is 14.4 Å². The van der Waals surface area contributed by atoms with Crippen molar-refractivity contribution in [3.05, 3.63) is 29.8 Å². The number of hydrogen-bond acceptors (Lipinski definition) is 3. The van der Waals surface area contributed by atoms with Gasteiger partial charge >= 0.3 is 5.97 Å². The van der Waals surface area contributed by atoms with Crippen LogP contribution < -0.4 is 5.32 Å². The van der Waals surface area contributed by atoms with Crippen molar-refractivity contribution in [2.45, 2.75) is 39.5 Å². The van der Waals surface area contributed by atoms with Gasteiger partial charge in [0.2, 0.25) is 5.91 Å². The Hall–Kier alpha value is -2.37. The van der Waals surface area contributed by atoms with Gasteiger partial charge in [-0.25, -0.2) is 0 Å². The number of carbonyl (C=O) groups excluding carboxylic acids is 2. The molecule has 130 valence electrons. The zero-order valence-electron chi connectivity index (χ0n) is 14.2. The smallest absolute Gasteiger partial charge is 0.309 e. The minimum Gasteiger partial charge on any atom is -0.481 e. The summed E-state index contributed by atoms with van der Waals surface area (Å²) in [6.45, 7) is 4.46. The van der Waals surface area contributed by atoms with E-state index in [0.29, 0.717) is 11.3 Å². The number of nitrogens with zero attached hydrogens (tertiary/aromatic N) is 1. The Morgan fingerprint density at radius 3 is 2.38 bits per heavy atom. The van der Waals surface area contributed by atoms with Crippen molar-refractivity contribution in [2.24, 2.45) is 5.41 Å². The number of hydrogen-bond donors (Lipinski definition) is 2. The molecule has 0 atom stereocenters. The number of nitrogens with one attached hydrogen (secondary N) is 1. The van der Waals surface area contributed by atoms with Crippen LogP contribution in [-0.2, 0) is 9.59 Å². The predicted octanol–water partition coefficient (Wildman–Crippen LogP) is 2.75. The van der Waals surface area contributed by atoms with Crippen LogP contribution in [0.15, 0.2) is 24.3 Å². The number of carboxylic acid groups (broad SMARTS) is 1. The molecule has 0 saturated carbocycles. The highest BCUT2D eigenvalue weighted by Crippen LogP contribution is 2.24. The molecule has 1 saturated heterocycles. The highest BCUT2D eigenvalue weighted by atomic mass is 16.4. The average molecular weight is 332 g/mol. The Morgan fingerprint density at radius 1 is 1.12 bits per heavy atom. The molecule has 0 radical (unpaired) electrons. The summed E-state index contributed by atoms with van der Waals surface area (Å²) in [5.41, 5.74) is -0.282. The second-order valence-electron chi connectivity index (χ2n) is 6.81. The van der Waals surface area contributed by atoms with E-state index in [2.05, 4.69) is 5.32 Å². The normalized spacial score (nSPS) is 15.0. The lowest BCUT2D eigenvalue weighted by molar-refractivity contribution is -0.148. The first kappa shape index (κ1) is 18.0. The van der Waals surface area contributed by atoms with E-state index in [1.54, 1.807) is 29.2 Å². The van der Waals surface area contributed by atoms with Gasteiger partial charge in [-0.3, -0.25) is 14.4 Å². The second kappa shape index (κ2) is 7.47. The summed E-state index contributed by atoms with van der Waals surface area (Å²) in [5.74, 6) is -1.54. The maximum absolute atomic E-state index is 12.7. The first-order valence-electron chi connectivity index (χ1n) is 8.23. The number of carbonyl (C=O) groups is 3. The Kier molecular flexibility index (Phi) is 5.59. The minimum absolute atomic E-state index is 0.0944. The molecule has 0 unspecified atom stereocenters. The quantitative estimate of drug-likeness (QED) is 0.868. The number of rotatable bonds is 5. The van der Waals surface area contributed by atoms with Crippen LogP contribution in [0.5, 0.6) is 0 Å². The largest absolute Gasteiger partial charge is 0.481 e. The summed E-state index contributed by atoms with van der Waals surface area (Å²) in [5, 5.41) is 11.8. The van der Waals surface area contributed by atoms with Crippen LogP contribution >= 0.6 is 0 Å². The second-order valence-corrected chi connectivity index (χ2v) is 6.81. The minimum atomic E-state index is -1.16. The molecule has 1 aromatic rings. The zero-order chi connectivity index (χ0) is 17.7. The van der Waals surface area contributed by atoms with Gasteiger partial charge in [-0.2, -0.15) is 0 Å². The Bertz CT molecular complexity index is 634.